The molecule has 0 spiro atoms. The zero-order chi connectivity index (χ0) is 19.5. The van der Waals surface area contributed by atoms with Crippen LogP contribution in [0.1, 0.15) is 0 Å². The number of aromatic nitrogens is 3. The van der Waals surface area contributed by atoms with Gasteiger partial charge in [0, 0.05) is 56.7 Å². The summed E-state index contributed by atoms with van der Waals surface area (Å²) in [5.74, 6) is 1.49. The Kier molecular flexibility index (Phi) is 5.06. The Bertz CT molecular complexity index is 930. The third-order valence-electron chi connectivity index (χ3n) is 5.09. The van der Waals surface area contributed by atoms with E-state index in [4.69, 9.17) is 14.5 Å². The molecular weight excluding hydrogens is 354 g/mol. The lowest BCUT2D eigenvalue weighted by Gasteiger charge is -2.38. The fraction of sp³-hybridized carbons (Fsp3) is 0.333. The minimum atomic E-state index is 0.611. The second kappa shape index (κ2) is 7.80. The molecule has 1 aliphatic rings. The highest BCUT2D eigenvalue weighted by atomic mass is 16.5. The van der Waals surface area contributed by atoms with Gasteiger partial charge in [-0.1, -0.05) is 0 Å². The normalized spacial score (nSPS) is 14.2. The van der Waals surface area contributed by atoms with E-state index in [1.54, 1.807) is 18.9 Å². The number of aryl methyl sites for hydroxylation is 1. The van der Waals surface area contributed by atoms with Gasteiger partial charge in [-0.15, -0.1) is 0 Å². The molecular formula is C21H25N5O2. The summed E-state index contributed by atoms with van der Waals surface area (Å²) in [6, 6.07) is 12.3. The van der Waals surface area contributed by atoms with Gasteiger partial charge < -0.3 is 19.3 Å². The molecule has 0 N–H and O–H groups in total. The molecule has 2 aromatic heterocycles. The van der Waals surface area contributed by atoms with Crippen molar-refractivity contribution in [1.29, 1.82) is 0 Å². The number of rotatable bonds is 5. The van der Waals surface area contributed by atoms with Gasteiger partial charge in [0.05, 0.1) is 26.1 Å². The van der Waals surface area contributed by atoms with E-state index in [2.05, 4.69) is 33.1 Å². The molecule has 1 fully saturated rings. The molecule has 4 rings (SSSR count). The van der Waals surface area contributed by atoms with E-state index in [9.17, 15) is 0 Å². The number of hydrogen-bond donors (Lipinski definition) is 0. The Labute approximate surface area is 165 Å². The summed E-state index contributed by atoms with van der Waals surface area (Å²) in [4.78, 5) is 9.48. The standard InChI is InChI=1S/C21H25N5O2/c1-24-15-16(14-22-24)21-19(8-9-20(23-21)28-3)26-12-10-25(11-13-26)17-4-6-18(27-2)7-5-17/h4-9,14-15H,10-13H2,1-3H3. The van der Waals surface area contributed by atoms with E-state index in [0.717, 1.165) is 48.9 Å². The highest BCUT2D eigenvalue weighted by molar-refractivity contribution is 5.75. The lowest BCUT2D eigenvalue weighted by Crippen LogP contribution is -2.46. The average molecular weight is 379 g/mol. The smallest absolute Gasteiger partial charge is 0.213 e. The molecule has 1 saturated heterocycles. The number of hydrogen-bond acceptors (Lipinski definition) is 6. The summed E-state index contributed by atoms with van der Waals surface area (Å²) in [6.45, 7) is 3.75. The number of ether oxygens (including phenoxy) is 2. The van der Waals surface area contributed by atoms with Crippen LogP contribution < -0.4 is 19.3 Å². The molecule has 0 saturated carbocycles. The number of methoxy groups -OCH3 is 2. The predicted molar refractivity (Wildman–Crippen MR) is 110 cm³/mol. The molecule has 1 aromatic carbocycles. The molecule has 7 nitrogen and oxygen atoms in total. The van der Waals surface area contributed by atoms with Gasteiger partial charge in [-0.05, 0) is 30.3 Å². The van der Waals surface area contributed by atoms with Crippen molar-refractivity contribution in [3.05, 3.63) is 48.8 Å². The monoisotopic (exact) mass is 379 g/mol. The molecule has 0 aliphatic carbocycles. The number of pyridine rings is 1. The third kappa shape index (κ3) is 3.60. The van der Waals surface area contributed by atoms with Crippen LogP contribution in [0.4, 0.5) is 11.4 Å². The van der Waals surface area contributed by atoms with Gasteiger partial charge in [0.2, 0.25) is 5.88 Å². The Balaban J connectivity index is 1.54. The lowest BCUT2D eigenvalue weighted by atomic mass is 10.1. The van der Waals surface area contributed by atoms with Crippen molar-refractivity contribution in [3.63, 3.8) is 0 Å². The molecule has 0 bridgehead atoms. The van der Waals surface area contributed by atoms with Crippen LogP contribution in [0.25, 0.3) is 11.3 Å². The number of piperazine rings is 1. The maximum atomic E-state index is 5.34. The predicted octanol–water partition coefficient (Wildman–Crippen LogP) is 2.83. The maximum absolute atomic E-state index is 5.34. The van der Waals surface area contributed by atoms with Crippen molar-refractivity contribution >= 4 is 11.4 Å². The maximum Gasteiger partial charge on any atom is 0.213 e. The quantitative estimate of drug-likeness (QED) is 0.680. The topological polar surface area (TPSA) is 55.6 Å². The van der Waals surface area contributed by atoms with Crippen LogP contribution in [0.15, 0.2) is 48.8 Å². The summed E-state index contributed by atoms with van der Waals surface area (Å²) >= 11 is 0. The van der Waals surface area contributed by atoms with Gasteiger partial charge in [0.15, 0.2) is 0 Å². The van der Waals surface area contributed by atoms with Gasteiger partial charge in [0.25, 0.3) is 0 Å². The number of anilines is 2. The molecule has 1 aliphatic heterocycles. The van der Waals surface area contributed by atoms with Crippen molar-refractivity contribution in [2.75, 3.05) is 50.2 Å². The van der Waals surface area contributed by atoms with Crippen LogP contribution in [-0.4, -0.2) is 55.2 Å². The van der Waals surface area contributed by atoms with Crippen molar-refractivity contribution in [2.45, 2.75) is 0 Å². The largest absolute Gasteiger partial charge is 0.497 e. The van der Waals surface area contributed by atoms with Crippen molar-refractivity contribution < 1.29 is 9.47 Å². The van der Waals surface area contributed by atoms with Gasteiger partial charge in [-0.2, -0.15) is 5.10 Å². The van der Waals surface area contributed by atoms with E-state index in [0.29, 0.717) is 5.88 Å². The van der Waals surface area contributed by atoms with Crippen LogP contribution >= 0.6 is 0 Å². The first kappa shape index (κ1) is 18.2. The fourth-order valence-electron chi connectivity index (χ4n) is 3.56. The Hall–Kier alpha value is -3.22. The van der Waals surface area contributed by atoms with E-state index in [1.165, 1.54) is 5.69 Å². The molecule has 7 heteroatoms. The van der Waals surface area contributed by atoms with E-state index >= 15 is 0 Å². The van der Waals surface area contributed by atoms with Crippen LogP contribution in [0.3, 0.4) is 0 Å². The molecule has 3 aromatic rings. The summed E-state index contributed by atoms with van der Waals surface area (Å²) in [5.41, 5.74) is 4.24. The van der Waals surface area contributed by atoms with Crippen molar-refractivity contribution in [1.82, 2.24) is 14.8 Å². The van der Waals surface area contributed by atoms with Crippen molar-refractivity contribution in [2.24, 2.45) is 7.05 Å². The van der Waals surface area contributed by atoms with Crippen LogP contribution in [0.2, 0.25) is 0 Å². The molecule has 0 unspecified atom stereocenters. The molecule has 3 heterocycles. The van der Waals surface area contributed by atoms with Crippen LogP contribution in [-0.2, 0) is 7.05 Å². The highest BCUT2D eigenvalue weighted by Crippen LogP contribution is 2.32. The Morgan fingerprint density at radius 1 is 0.857 bits per heavy atom. The fourth-order valence-corrected chi connectivity index (χ4v) is 3.56. The van der Waals surface area contributed by atoms with E-state index < -0.39 is 0 Å². The number of benzene rings is 1. The van der Waals surface area contributed by atoms with Gasteiger partial charge in [0.1, 0.15) is 11.4 Å². The van der Waals surface area contributed by atoms with Gasteiger partial charge >= 0.3 is 0 Å². The first-order chi connectivity index (χ1) is 13.7. The molecule has 0 atom stereocenters. The third-order valence-corrected chi connectivity index (χ3v) is 5.09. The Morgan fingerprint density at radius 2 is 1.57 bits per heavy atom. The summed E-state index contributed by atoms with van der Waals surface area (Å²) in [6.07, 6.45) is 3.83. The summed E-state index contributed by atoms with van der Waals surface area (Å²) in [5, 5.41) is 4.30. The first-order valence-corrected chi connectivity index (χ1v) is 9.36. The SMILES string of the molecule is COc1ccc(N2CCN(c3ccc(OC)nc3-c3cnn(C)c3)CC2)cc1. The van der Waals surface area contributed by atoms with Crippen LogP contribution in [0.5, 0.6) is 11.6 Å². The molecule has 146 valence electrons. The second-order valence-corrected chi connectivity index (χ2v) is 6.80. The highest BCUT2D eigenvalue weighted by Gasteiger charge is 2.22. The van der Waals surface area contributed by atoms with Gasteiger partial charge in [-0.25, -0.2) is 4.98 Å². The zero-order valence-corrected chi connectivity index (χ0v) is 16.5. The average Bonchev–Trinajstić information content (AvgIpc) is 3.20. The first-order valence-electron chi connectivity index (χ1n) is 9.36. The van der Waals surface area contributed by atoms with E-state index in [1.807, 2.05) is 37.6 Å². The molecule has 0 radical (unpaired) electrons. The zero-order valence-electron chi connectivity index (χ0n) is 16.5. The minimum Gasteiger partial charge on any atom is -0.497 e. The second-order valence-electron chi connectivity index (χ2n) is 6.80. The molecule has 28 heavy (non-hydrogen) atoms. The number of nitrogens with zero attached hydrogens (tertiary/aromatic N) is 5. The Morgan fingerprint density at radius 3 is 2.18 bits per heavy atom. The summed E-state index contributed by atoms with van der Waals surface area (Å²) < 4.78 is 12.4. The summed E-state index contributed by atoms with van der Waals surface area (Å²) in [7, 11) is 5.25. The molecule has 0 amide bonds. The van der Waals surface area contributed by atoms with E-state index in [-0.39, 0.29) is 0 Å². The minimum absolute atomic E-state index is 0.611. The lowest BCUT2D eigenvalue weighted by molar-refractivity contribution is 0.398. The van der Waals surface area contributed by atoms with Crippen molar-refractivity contribution in [3.8, 4) is 22.9 Å². The van der Waals surface area contributed by atoms with Gasteiger partial charge in [-0.3, -0.25) is 4.68 Å². The van der Waals surface area contributed by atoms with Crippen LogP contribution in [0, 0.1) is 0 Å².